The average Bonchev–Trinajstić information content (AvgIpc) is 1.97. The first-order chi connectivity index (χ1) is 5.22. The van der Waals surface area contributed by atoms with Gasteiger partial charge in [0.05, 0.1) is 0 Å². The third-order valence-electron chi connectivity index (χ3n) is 1.49. The lowest BCUT2D eigenvalue weighted by molar-refractivity contribution is 0.145. The Hall–Kier alpha value is -0.770. The van der Waals surface area contributed by atoms with E-state index in [4.69, 9.17) is 10.2 Å². The van der Waals surface area contributed by atoms with Crippen LogP contribution in [-0.4, -0.2) is 40.9 Å². The number of aliphatic hydroxyl groups is 1. The molecule has 0 atom stereocenters. The van der Waals surface area contributed by atoms with Gasteiger partial charge in [0.25, 0.3) is 0 Å². The summed E-state index contributed by atoms with van der Waals surface area (Å²) in [5.74, 6) is 0. The molecule has 11 heavy (non-hydrogen) atoms. The Morgan fingerprint density at radius 3 is 2.45 bits per heavy atom. The lowest BCUT2D eigenvalue weighted by atomic mass is 10.3. The molecule has 4 heteroatoms. The van der Waals surface area contributed by atoms with E-state index in [0.29, 0.717) is 19.5 Å². The van der Waals surface area contributed by atoms with Crippen LogP contribution in [-0.2, 0) is 0 Å². The molecule has 2 N–H and O–H groups in total. The van der Waals surface area contributed by atoms with Crippen molar-refractivity contribution in [2.24, 2.45) is 0 Å². The van der Waals surface area contributed by atoms with Gasteiger partial charge in [-0.1, -0.05) is 0 Å². The Morgan fingerprint density at radius 1 is 1.45 bits per heavy atom. The number of carboxylic acid groups (broad SMARTS) is 1. The van der Waals surface area contributed by atoms with Gasteiger partial charge in [0.15, 0.2) is 0 Å². The summed E-state index contributed by atoms with van der Waals surface area (Å²) < 4.78 is 0. The van der Waals surface area contributed by atoms with Gasteiger partial charge >= 0.3 is 6.09 Å². The van der Waals surface area contributed by atoms with Crippen LogP contribution < -0.4 is 0 Å². The highest BCUT2D eigenvalue weighted by atomic mass is 16.4. The standard InChI is InChI=1S/C7H15NO3/c1-2-8(7(10)11)5-3-4-6-9/h9H,2-6H2,1H3,(H,10,11). The van der Waals surface area contributed by atoms with Gasteiger partial charge in [-0.25, -0.2) is 4.79 Å². The topological polar surface area (TPSA) is 60.8 Å². The largest absolute Gasteiger partial charge is 0.465 e. The van der Waals surface area contributed by atoms with Crippen molar-refractivity contribution in [3.8, 4) is 0 Å². The van der Waals surface area contributed by atoms with E-state index in [2.05, 4.69) is 0 Å². The number of aliphatic hydroxyl groups excluding tert-OH is 1. The molecule has 0 saturated heterocycles. The molecule has 0 aromatic heterocycles. The summed E-state index contributed by atoms with van der Waals surface area (Å²) in [5, 5.41) is 17.0. The fraction of sp³-hybridized carbons (Fsp3) is 0.857. The number of hydrogen-bond acceptors (Lipinski definition) is 2. The molecule has 1 amide bonds. The van der Waals surface area contributed by atoms with E-state index in [0.717, 1.165) is 6.42 Å². The summed E-state index contributed by atoms with van der Waals surface area (Å²) in [6.45, 7) is 2.97. The minimum atomic E-state index is -0.884. The molecule has 0 bridgehead atoms. The van der Waals surface area contributed by atoms with Gasteiger partial charge in [-0.05, 0) is 19.8 Å². The molecule has 0 fully saturated rings. The normalized spacial score (nSPS) is 9.64. The van der Waals surface area contributed by atoms with Gasteiger partial charge in [-0.2, -0.15) is 0 Å². The van der Waals surface area contributed by atoms with Crippen LogP contribution in [0.4, 0.5) is 4.79 Å². The van der Waals surface area contributed by atoms with Crippen LogP contribution in [0, 0.1) is 0 Å². The highest BCUT2D eigenvalue weighted by Crippen LogP contribution is 1.94. The van der Waals surface area contributed by atoms with Crippen LogP contribution >= 0.6 is 0 Å². The zero-order valence-corrected chi connectivity index (χ0v) is 6.79. The monoisotopic (exact) mass is 161 g/mol. The minimum absolute atomic E-state index is 0.136. The van der Waals surface area contributed by atoms with E-state index in [1.165, 1.54) is 4.90 Å². The molecule has 0 aliphatic carbocycles. The van der Waals surface area contributed by atoms with Gasteiger partial charge in [-0.3, -0.25) is 0 Å². The Bertz CT molecular complexity index is 116. The van der Waals surface area contributed by atoms with Gasteiger partial charge in [-0.15, -0.1) is 0 Å². The highest BCUT2D eigenvalue weighted by Gasteiger charge is 2.06. The summed E-state index contributed by atoms with van der Waals surface area (Å²) in [7, 11) is 0. The summed E-state index contributed by atoms with van der Waals surface area (Å²) >= 11 is 0. The van der Waals surface area contributed by atoms with Crippen molar-refractivity contribution in [3.63, 3.8) is 0 Å². The first kappa shape index (κ1) is 10.2. The molecule has 0 spiro atoms. The minimum Gasteiger partial charge on any atom is -0.465 e. The Kier molecular flexibility index (Phi) is 5.56. The second kappa shape index (κ2) is 5.97. The van der Waals surface area contributed by atoms with Crippen molar-refractivity contribution in [1.29, 1.82) is 0 Å². The van der Waals surface area contributed by atoms with Crippen molar-refractivity contribution in [1.82, 2.24) is 4.90 Å². The number of amides is 1. The third kappa shape index (κ3) is 4.61. The molecular formula is C7H15NO3. The van der Waals surface area contributed by atoms with Crippen LogP contribution in [0.25, 0.3) is 0 Å². The van der Waals surface area contributed by atoms with E-state index in [1.807, 2.05) is 0 Å². The molecule has 0 radical (unpaired) electrons. The number of hydrogen-bond donors (Lipinski definition) is 2. The van der Waals surface area contributed by atoms with Crippen LogP contribution in [0.5, 0.6) is 0 Å². The quantitative estimate of drug-likeness (QED) is 0.585. The summed E-state index contributed by atoms with van der Waals surface area (Å²) in [5.41, 5.74) is 0. The highest BCUT2D eigenvalue weighted by molar-refractivity contribution is 5.64. The fourth-order valence-corrected chi connectivity index (χ4v) is 0.803. The molecule has 4 nitrogen and oxygen atoms in total. The molecule has 0 aromatic rings. The predicted molar refractivity (Wildman–Crippen MR) is 41.6 cm³/mol. The van der Waals surface area contributed by atoms with Crippen LogP contribution in [0.1, 0.15) is 19.8 Å². The Balaban J connectivity index is 3.44. The maximum atomic E-state index is 10.4. The SMILES string of the molecule is CCN(CCCCO)C(=O)O. The van der Waals surface area contributed by atoms with E-state index in [-0.39, 0.29) is 6.61 Å². The predicted octanol–water partition coefficient (Wildman–Crippen LogP) is 0.759. The van der Waals surface area contributed by atoms with Crippen LogP contribution in [0.2, 0.25) is 0 Å². The first-order valence-corrected chi connectivity index (χ1v) is 3.81. The second-order valence-electron chi connectivity index (χ2n) is 2.29. The number of nitrogens with zero attached hydrogens (tertiary/aromatic N) is 1. The zero-order chi connectivity index (χ0) is 8.69. The van der Waals surface area contributed by atoms with Crippen LogP contribution in [0.3, 0.4) is 0 Å². The van der Waals surface area contributed by atoms with E-state index < -0.39 is 6.09 Å². The summed E-state index contributed by atoms with van der Waals surface area (Å²) in [4.78, 5) is 11.7. The van der Waals surface area contributed by atoms with Gasteiger partial charge < -0.3 is 15.1 Å². The summed E-state index contributed by atoms with van der Waals surface area (Å²) in [6.07, 6.45) is 0.519. The molecular weight excluding hydrogens is 146 g/mol. The maximum absolute atomic E-state index is 10.4. The Morgan fingerprint density at radius 2 is 2.09 bits per heavy atom. The van der Waals surface area contributed by atoms with E-state index in [1.54, 1.807) is 6.92 Å². The molecule has 0 aliphatic heterocycles. The summed E-state index contributed by atoms with van der Waals surface area (Å²) in [6, 6.07) is 0. The smallest absolute Gasteiger partial charge is 0.407 e. The molecule has 0 heterocycles. The van der Waals surface area contributed by atoms with E-state index >= 15 is 0 Å². The molecule has 0 rings (SSSR count). The fourth-order valence-electron chi connectivity index (χ4n) is 0.803. The molecule has 0 saturated carbocycles. The van der Waals surface area contributed by atoms with Crippen molar-refractivity contribution >= 4 is 6.09 Å². The Labute approximate surface area is 66.4 Å². The zero-order valence-electron chi connectivity index (χ0n) is 6.79. The number of unbranched alkanes of at least 4 members (excludes halogenated alkanes) is 1. The second-order valence-corrected chi connectivity index (χ2v) is 2.29. The molecule has 0 unspecified atom stereocenters. The van der Waals surface area contributed by atoms with E-state index in [9.17, 15) is 4.79 Å². The lowest BCUT2D eigenvalue weighted by Crippen LogP contribution is -2.30. The molecule has 0 aromatic carbocycles. The molecule has 66 valence electrons. The first-order valence-electron chi connectivity index (χ1n) is 3.81. The van der Waals surface area contributed by atoms with Crippen LogP contribution in [0.15, 0.2) is 0 Å². The van der Waals surface area contributed by atoms with Crippen molar-refractivity contribution in [3.05, 3.63) is 0 Å². The number of carbonyl (C=O) groups is 1. The lowest BCUT2D eigenvalue weighted by Gasteiger charge is -2.15. The van der Waals surface area contributed by atoms with Crippen molar-refractivity contribution in [2.45, 2.75) is 19.8 Å². The van der Waals surface area contributed by atoms with Crippen molar-refractivity contribution < 1.29 is 15.0 Å². The molecule has 0 aliphatic rings. The van der Waals surface area contributed by atoms with Gasteiger partial charge in [0.2, 0.25) is 0 Å². The van der Waals surface area contributed by atoms with Gasteiger partial charge in [0.1, 0.15) is 0 Å². The third-order valence-corrected chi connectivity index (χ3v) is 1.49. The van der Waals surface area contributed by atoms with Crippen molar-refractivity contribution in [2.75, 3.05) is 19.7 Å². The van der Waals surface area contributed by atoms with Gasteiger partial charge in [0, 0.05) is 19.7 Å². The maximum Gasteiger partial charge on any atom is 0.407 e. The average molecular weight is 161 g/mol. The number of rotatable bonds is 5.